The fraction of sp³-hybridized carbons (Fsp3) is 0.316. The Kier molecular flexibility index (Phi) is 4.85. The van der Waals surface area contributed by atoms with Gasteiger partial charge in [0.25, 0.3) is 0 Å². The molecule has 2 aromatic heterocycles. The van der Waals surface area contributed by atoms with Gasteiger partial charge in [-0.2, -0.15) is 23.1 Å². The van der Waals surface area contributed by atoms with Gasteiger partial charge in [0.15, 0.2) is 0 Å². The highest BCUT2D eigenvalue weighted by Crippen LogP contribution is 2.41. The van der Waals surface area contributed by atoms with Crippen molar-refractivity contribution in [3.63, 3.8) is 0 Å². The van der Waals surface area contributed by atoms with Crippen LogP contribution in [0.15, 0.2) is 30.5 Å². The summed E-state index contributed by atoms with van der Waals surface area (Å²) in [7, 11) is 0. The number of fused-ring (bicyclic) bond motifs is 5. The molecule has 0 saturated heterocycles. The van der Waals surface area contributed by atoms with Crippen LogP contribution in [0.5, 0.6) is 11.8 Å². The highest BCUT2D eigenvalue weighted by Gasteiger charge is 2.36. The molecule has 0 fully saturated rings. The molecule has 1 N–H and O–H groups in total. The Labute approximate surface area is 169 Å². The van der Waals surface area contributed by atoms with Crippen LogP contribution < -0.4 is 14.8 Å². The van der Waals surface area contributed by atoms with E-state index in [0.29, 0.717) is 22.3 Å². The number of para-hydroxylation sites is 1. The SMILES string of the molecule is CC1COc2nc(c3cc(Cl)ncc3n2)NC(C)c2cccc(C(F)(F)F)c2O1. The molecule has 2 unspecified atom stereocenters. The number of nitrogens with zero attached hydrogens (tertiary/aromatic N) is 3. The van der Waals surface area contributed by atoms with E-state index in [1.807, 2.05) is 0 Å². The van der Waals surface area contributed by atoms with Gasteiger partial charge in [0.1, 0.15) is 29.4 Å². The second-order valence-electron chi connectivity index (χ2n) is 6.71. The molecule has 2 bridgehead atoms. The average molecular weight is 425 g/mol. The lowest BCUT2D eigenvalue weighted by Gasteiger charge is -2.24. The first-order valence-electron chi connectivity index (χ1n) is 8.82. The lowest BCUT2D eigenvalue weighted by atomic mass is 10.0. The van der Waals surface area contributed by atoms with Gasteiger partial charge in [0, 0.05) is 10.9 Å². The molecule has 1 aromatic carbocycles. The van der Waals surface area contributed by atoms with Crippen molar-refractivity contribution in [3.8, 4) is 11.8 Å². The Morgan fingerprint density at radius 2 is 2.00 bits per heavy atom. The first-order chi connectivity index (χ1) is 13.7. The van der Waals surface area contributed by atoms with Gasteiger partial charge in [0.2, 0.25) is 0 Å². The number of rotatable bonds is 0. The molecule has 3 aromatic rings. The summed E-state index contributed by atoms with van der Waals surface area (Å²) in [5.41, 5.74) is -0.00197. The zero-order valence-electron chi connectivity index (χ0n) is 15.4. The van der Waals surface area contributed by atoms with Crippen LogP contribution in [0.2, 0.25) is 5.15 Å². The van der Waals surface area contributed by atoms with Crippen molar-refractivity contribution < 1.29 is 22.6 Å². The van der Waals surface area contributed by atoms with Crippen molar-refractivity contribution >= 4 is 28.3 Å². The Morgan fingerprint density at radius 1 is 1.21 bits per heavy atom. The second kappa shape index (κ2) is 7.22. The monoisotopic (exact) mass is 424 g/mol. The molecule has 152 valence electrons. The van der Waals surface area contributed by atoms with Gasteiger partial charge in [0.05, 0.1) is 23.3 Å². The molecule has 0 saturated carbocycles. The first-order valence-corrected chi connectivity index (χ1v) is 9.19. The Bertz CT molecular complexity index is 1080. The third-order valence-corrected chi connectivity index (χ3v) is 4.67. The second-order valence-corrected chi connectivity index (χ2v) is 7.09. The number of halogens is 4. The van der Waals surface area contributed by atoms with Crippen molar-refractivity contribution in [1.29, 1.82) is 0 Å². The molecule has 1 aliphatic heterocycles. The van der Waals surface area contributed by atoms with E-state index < -0.39 is 23.9 Å². The quantitative estimate of drug-likeness (QED) is 0.510. The number of ether oxygens (including phenoxy) is 2. The maximum Gasteiger partial charge on any atom is 0.419 e. The molecule has 3 heterocycles. The maximum atomic E-state index is 13.6. The highest BCUT2D eigenvalue weighted by molar-refractivity contribution is 6.30. The summed E-state index contributed by atoms with van der Waals surface area (Å²) in [6.45, 7) is 3.31. The maximum absolute atomic E-state index is 13.6. The van der Waals surface area contributed by atoms with Crippen LogP contribution in [0.1, 0.15) is 31.0 Å². The van der Waals surface area contributed by atoms with Crippen LogP contribution >= 0.6 is 11.6 Å². The third-order valence-electron chi connectivity index (χ3n) is 4.47. The van der Waals surface area contributed by atoms with Crippen LogP contribution in [0.25, 0.3) is 10.9 Å². The minimum atomic E-state index is -4.56. The standard InChI is InChI=1S/C19H16ClF3N4O2/c1-9-8-28-18-26-14-7-24-15(20)6-12(14)17(27-18)25-10(2)11-4-3-5-13(16(11)29-9)19(21,22)23/h3-7,9-10H,8H2,1-2H3,(H,25,26,27). The molecular formula is C19H16ClF3N4O2. The average Bonchev–Trinajstić information content (AvgIpc) is 2.67. The normalized spacial score (nSPS) is 19.4. The molecule has 10 heteroatoms. The summed E-state index contributed by atoms with van der Waals surface area (Å²) in [6.07, 6.45) is -3.75. The van der Waals surface area contributed by atoms with Crippen molar-refractivity contribution in [2.24, 2.45) is 0 Å². The van der Waals surface area contributed by atoms with Gasteiger partial charge in [-0.3, -0.25) is 0 Å². The topological polar surface area (TPSA) is 69.2 Å². The van der Waals surface area contributed by atoms with E-state index in [0.717, 1.165) is 6.07 Å². The lowest BCUT2D eigenvalue weighted by molar-refractivity contribution is -0.139. The van der Waals surface area contributed by atoms with E-state index >= 15 is 0 Å². The van der Waals surface area contributed by atoms with E-state index in [1.165, 1.54) is 12.3 Å². The summed E-state index contributed by atoms with van der Waals surface area (Å²) >= 11 is 6.00. The number of pyridine rings is 1. The van der Waals surface area contributed by atoms with Gasteiger partial charge in [-0.1, -0.05) is 23.7 Å². The third kappa shape index (κ3) is 3.87. The molecule has 4 rings (SSSR count). The summed E-state index contributed by atoms with van der Waals surface area (Å²) in [5.74, 6) is 0.141. The van der Waals surface area contributed by atoms with Gasteiger partial charge in [-0.05, 0) is 26.0 Å². The van der Waals surface area contributed by atoms with Crippen LogP contribution in [-0.4, -0.2) is 27.7 Å². The van der Waals surface area contributed by atoms with Crippen molar-refractivity contribution in [2.45, 2.75) is 32.2 Å². The predicted octanol–water partition coefficient (Wildman–Crippen LogP) is 5.03. The summed E-state index contributed by atoms with van der Waals surface area (Å²) in [6, 6.07) is 5.03. The zero-order valence-corrected chi connectivity index (χ0v) is 16.2. The van der Waals surface area contributed by atoms with E-state index in [9.17, 15) is 13.2 Å². The van der Waals surface area contributed by atoms with Gasteiger partial charge in [-0.25, -0.2) is 4.98 Å². The Balaban J connectivity index is 1.89. The van der Waals surface area contributed by atoms with Crippen LogP contribution in [-0.2, 0) is 6.18 Å². The molecule has 0 spiro atoms. The number of nitrogens with one attached hydrogen (secondary N) is 1. The smallest absolute Gasteiger partial charge is 0.419 e. The van der Waals surface area contributed by atoms with Crippen LogP contribution in [0, 0.1) is 0 Å². The summed E-state index contributed by atoms with van der Waals surface area (Å²) < 4.78 is 52.0. The number of aromatic nitrogens is 3. The van der Waals surface area contributed by atoms with Gasteiger partial charge < -0.3 is 14.8 Å². The first kappa shape index (κ1) is 19.5. The van der Waals surface area contributed by atoms with E-state index in [2.05, 4.69) is 20.3 Å². The molecule has 6 nitrogen and oxygen atoms in total. The van der Waals surface area contributed by atoms with Gasteiger partial charge >= 0.3 is 12.2 Å². The fourth-order valence-electron chi connectivity index (χ4n) is 3.12. The minimum Gasteiger partial charge on any atom is -0.486 e. The molecule has 1 aliphatic rings. The molecule has 29 heavy (non-hydrogen) atoms. The van der Waals surface area contributed by atoms with Crippen LogP contribution in [0.4, 0.5) is 19.0 Å². The predicted molar refractivity (Wildman–Crippen MR) is 101 cm³/mol. The minimum absolute atomic E-state index is 0.0357. The Morgan fingerprint density at radius 3 is 2.76 bits per heavy atom. The molecule has 2 atom stereocenters. The zero-order chi connectivity index (χ0) is 20.8. The number of alkyl halides is 3. The number of hydrogen-bond acceptors (Lipinski definition) is 6. The van der Waals surface area contributed by atoms with Crippen molar-refractivity contribution in [1.82, 2.24) is 15.0 Å². The highest BCUT2D eigenvalue weighted by atomic mass is 35.5. The molecule has 0 amide bonds. The van der Waals surface area contributed by atoms with E-state index in [1.54, 1.807) is 26.0 Å². The van der Waals surface area contributed by atoms with E-state index in [-0.39, 0.29) is 23.5 Å². The lowest BCUT2D eigenvalue weighted by Crippen LogP contribution is -2.24. The largest absolute Gasteiger partial charge is 0.486 e. The molecule has 0 radical (unpaired) electrons. The fourth-order valence-corrected chi connectivity index (χ4v) is 3.28. The Hall–Kier alpha value is -2.81. The number of hydrogen-bond donors (Lipinski definition) is 1. The molecular weight excluding hydrogens is 409 g/mol. The number of anilines is 1. The van der Waals surface area contributed by atoms with E-state index in [4.69, 9.17) is 21.1 Å². The summed E-state index contributed by atoms with van der Waals surface area (Å²) in [4.78, 5) is 12.7. The number of benzene rings is 1. The van der Waals surface area contributed by atoms with Crippen molar-refractivity contribution in [2.75, 3.05) is 11.9 Å². The molecule has 0 aliphatic carbocycles. The van der Waals surface area contributed by atoms with Crippen LogP contribution in [0.3, 0.4) is 0 Å². The van der Waals surface area contributed by atoms with Gasteiger partial charge in [-0.15, -0.1) is 0 Å². The van der Waals surface area contributed by atoms with Crippen molar-refractivity contribution in [3.05, 3.63) is 46.7 Å². The summed E-state index contributed by atoms with van der Waals surface area (Å²) in [5, 5.41) is 3.95.